The number of amides is 1. The van der Waals surface area contributed by atoms with Gasteiger partial charge in [-0.05, 0) is 64.7 Å². The Balaban J connectivity index is 1.25. The summed E-state index contributed by atoms with van der Waals surface area (Å²) in [7, 11) is 0. The summed E-state index contributed by atoms with van der Waals surface area (Å²) in [6, 6.07) is 35.5. The summed E-state index contributed by atoms with van der Waals surface area (Å²) in [5.41, 5.74) is 6.30. The molecule has 5 nitrogen and oxygen atoms in total. The zero-order valence-corrected chi connectivity index (χ0v) is 21.4. The Morgan fingerprint density at radius 3 is 2.31 bits per heavy atom. The predicted molar refractivity (Wildman–Crippen MR) is 152 cm³/mol. The lowest BCUT2D eigenvalue weighted by molar-refractivity contribution is -0.127. The van der Waals surface area contributed by atoms with Crippen LogP contribution in [0.2, 0.25) is 0 Å². The van der Waals surface area contributed by atoms with Crippen molar-refractivity contribution in [3.05, 3.63) is 132 Å². The maximum Gasteiger partial charge on any atom is 0.280 e. The third kappa shape index (κ3) is 6.48. The van der Waals surface area contributed by atoms with Crippen molar-refractivity contribution in [3.8, 4) is 22.6 Å². The molecule has 1 atom stereocenters. The van der Waals surface area contributed by atoms with Gasteiger partial charge in [0.1, 0.15) is 23.9 Å². The van der Waals surface area contributed by atoms with Gasteiger partial charge in [-0.3, -0.25) is 4.79 Å². The lowest BCUT2D eigenvalue weighted by Crippen LogP contribution is -2.33. The van der Waals surface area contributed by atoms with Crippen LogP contribution >= 0.6 is 0 Å². The van der Waals surface area contributed by atoms with Crippen molar-refractivity contribution in [1.29, 1.82) is 0 Å². The van der Waals surface area contributed by atoms with Crippen LogP contribution in [0.3, 0.4) is 0 Å². The number of carbonyl (C=O) groups excluding carboxylic acids is 1. The molecule has 194 valence electrons. The van der Waals surface area contributed by atoms with E-state index in [0.29, 0.717) is 11.5 Å². The molecule has 0 saturated carbocycles. The molecule has 1 N–H and O–H groups in total. The van der Waals surface area contributed by atoms with E-state index in [1.54, 1.807) is 25.3 Å². The monoisotopic (exact) mass is 518 g/mol. The third-order valence-electron chi connectivity index (χ3n) is 6.25. The Kier molecular flexibility index (Phi) is 7.93. The van der Waals surface area contributed by atoms with Crippen molar-refractivity contribution in [1.82, 2.24) is 5.43 Å². The molecule has 0 heterocycles. The summed E-state index contributed by atoms with van der Waals surface area (Å²) < 4.78 is 25.1. The van der Waals surface area contributed by atoms with Gasteiger partial charge in [-0.25, -0.2) is 9.82 Å². The van der Waals surface area contributed by atoms with Crippen LogP contribution in [0.5, 0.6) is 11.5 Å². The molecule has 39 heavy (non-hydrogen) atoms. The van der Waals surface area contributed by atoms with Gasteiger partial charge in [0, 0.05) is 5.56 Å². The number of rotatable bonds is 9. The fourth-order valence-electron chi connectivity index (χ4n) is 4.14. The van der Waals surface area contributed by atoms with Gasteiger partial charge >= 0.3 is 0 Å². The fourth-order valence-corrected chi connectivity index (χ4v) is 4.14. The molecule has 0 aliphatic carbocycles. The van der Waals surface area contributed by atoms with Crippen LogP contribution in [-0.4, -0.2) is 18.2 Å². The minimum atomic E-state index is -0.758. The molecule has 0 saturated heterocycles. The number of ether oxygens (including phenoxy) is 2. The molecule has 0 fully saturated rings. The number of hydrazone groups is 1. The van der Waals surface area contributed by atoms with Crippen molar-refractivity contribution >= 4 is 22.9 Å². The first-order valence-electron chi connectivity index (χ1n) is 12.6. The van der Waals surface area contributed by atoms with E-state index in [1.807, 2.05) is 91.0 Å². The number of halogens is 1. The summed E-state index contributed by atoms with van der Waals surface area (Å²) in [5.74, 6) is 0.508. The van der Waals surface area contributed by atoms with E-state index >= 15 is 0 Å². The number of hydrogen-bond donors (Lipinski definition) is 1. The quantitative estimate of drug-likeness (QED) is 0.167. The molecule has 0 aliphatic heterocycles. The Labute approximate surface area is 226 Å². The molecule has 0 aromatic heterocycles. The normalized spacial score (nSPS) is 11.8. The Morgan fingerprint density at radius 2 is 1.54 bits per heavy atom. The van der Waals surface area contributed by atoms with Crippen molar-refractivity contribution in [2.24, 2.45) is 5.10 Å². The smallest absolute Gasteiger partial charge is 0.280 e. The van der Waals surface area contributed by atoms with Gasteiger partial charge in [-0.1, -0.05) is 84.9 Å². The first kappa shape index (κ1) is 25.7. The van der Waals surface area contributed by atoms with Gasteiger partial charge in [0.2, 0.25) is 0 Å². The van der Waals surface area contributed by atoms with E-state index in [1.165, 1.54) is 12.1 Å². The average molecular weight is 519 g/mol. The van der Waals surface area contributed by atoms with Crippen LogP contribution in [0.1, 0.15) is 18.1 Å². The summed E-state index contributed by atoms with van der Waals surface area (Å²) in [4.78, 5) is 12.7. The molecule has 0 spiro atoms. The number of hydrogen-bond acceptors (Lipinski definition) is 4. The SMILES string of the molecule is CC(Oc1ccc(-c2ccccc2)cc1)C(=O)NN=Cc1c(OCc2ccc(F)cc2)ccc2ccccc12. The van der Waals surface area contributed by atoms with Gasteiger partial charge in [0.25, 0.3) is 5.91 Å². The molecule has 5 rings (SSSR count). The first-order valence-corrected chi connectivity index (χ1v) is 12.6. The standard InChI is InChI=1S/C33H27FN2O3/c1-23(39-29-18-13-26(14-19-29)25-7-3-2-4-8-25)33(37)36-35-21-31-30-10-6-5-9-27(30)15-20-32(31)38-22-24-11-16-28(34)17-12-24/h2-21,23H,22H2,1H3,(H,36,37). The van der Waals surface area contributed by atoms with E-state index in [4.69, 9.17) is 9.47 Å². The van der Waals surface area contributed by atoms with Crippen LogP contribution in [0, 0.1) is 5.82 Å². The highest BCUT2D eigenvalue weighted by Crippen LogP contribution is 2.28. The number of nitrogens with one attached hydrogen (secondary N) is 1. The summed E-state index contributed by atoms with van der Waals surface area (Å²) in [6.45, 7) is 1.94. The predicted octanol–water partition coefficient (Wildman–Crippen LogP) is 7.14. The maximum absolute atomic E-state index is 13.3. The molecule has 6 heteroatoms. The lowest BCUT2D eigenvalue weighted by atomic mass is 10.0. The molecule has 1 amide bonds. The average Bonchev–Trinajstić information content (AvgIpc) is 2.98. The number of nitrogens with zero attached hydrogens (tertiary/aromatic N) is 1. The van der Waals surface area contributed by atoms with Crippen LogP contribution in [0.15, 0.2) is 120 Å². The van der Waals surface area contributed by atoms with Crippen molar-refractivity contribution in [3.63, 3.8) is 0 Å². The van der Waals surface area contributed by atoms with Crippen molar-refractivity contribution in [2.45, 2.75) is 19.6 Å². The fraction of sp³-hybridized carbons (Fsp3) is 0.0909. The van der Waals surface area contributed by atoms with Gasteiger partial charge in [-0.15, -0.1) is 0 Å². The van der Waals surface area contributed by atoms with Crippen LogP contribution in [0.25, 0.3) is 21.9 Å². The Bertz CT molecular complexity index is 1580. The van der Waals surface area contributed by atoms with E-state index in [9.17, 15) is 9.18 Å². The van der Waals surface area contributed by atoms with Gasteiger partial charge in [0.15, 0.2) is 6.10 Å². The van der Waals surface area contributed by atoms with Crippen molar-refractivity contribution < 1.29 is 18.7 Å². The van der Waals surface area contributed by atoms with Crippen LogP contribution < -0.4 is 14.9 Å². The molecule has 5 aromatic carbocycles. The molecule has 0 aliphatic rings. The van der Waals surface area contributed by atoms with E-state index in [0.717, 1.165) is 33.0 Å². The second-order valence-corrected chi connectivity index (χ2v) is 9.00. The second kappa shape index (κ2) is 12.0. The molecule has 0 radical (unpaired) electrons. The number of fused-ring (bicyclic) bond motifs is 1. The molecular formula is C33H27FN2O3. The van der Waals surface area contributed by atoms with Gasteiger partial charge in [0.05, 0.1) is 6.21 Å². The highest BCUT2D eigenvalue weighted by atomic mass is 19.1. The summed E-state index contributed by atoms with van der Waals surface area (Å²) >= 11 is 0. The lowest BCUT2D eigenvalue weighted by Gasteiger charge is -2.14. The summed E-state index contributed by atoms with van der Waals surface area (Å²) in [5, 5.41) is 6.14. The minimum absolute atomic E-state index is 0.264. The van der Waals surface area contributed by atoms with Crippen LogP contribution in [0.4, 0.5) is 4.39 Å². The molecule has 0 bridgehead atoms. The number of benzene rings is 5. The zero-order valence-electron chi connectivity index (χ0n) is 21.4. The first-order chi connectivity index (χ1) is 19.1. The highest BCUT2D eigenvalue weighted by Gasteiger charge is 2.14. The summed E-state index contributed by atoms with van der Waals surface area (Å²) in [6.07, 6.45) is 0.813. The number of carbonyl (C=O) groups is 1. The zero-order chi connectivity index (χ0) is 27.0. The Morgan fingerprint density at radius 1 is 0.846 bits per heavy atom. The van der Waals surface area contributed by atoms with Gasteiger partial charge < -0.3 is 9.47 Å². The largest absolute Gasteiger partial charge is 0.488 e. The van der Waals surface area contributed by atoms with E-state index < -0.39 is 6.10 Å². The maximum atomic E-state index is 13.3. The molecule has 5 aromatic rings. The van der Waals surface area contributed by atoms with Crippen molar-refractivity contribution in [2.75, 3.05) is 0 Å². The minimum Gasteiger partial charge on any atom is -0.488 e. The van der Waals surface area contributed by atoms with E-state index in [2.05, 4.69) is 10.5 Å². The molecular weight excluding hydrogens is 491 g/mol. The molecule has 1 unspecified atom stereocenters. The van der Waals surface area contributed by atoms with E-state index in [-0.39, 0.29) is 18.3 Å². The third-order valence-corrected chi connectivity index (χ3v) is 6.25. The van der Waals surface area contributed by atoms with Crippen LogP contribution in [-0.2, 0) is 11.4 Å². The van der Waals surface area contributed by atoms with Gasteiger partial charge in [-0.2, -0.15) is 5.10 Å². The second-order valence-electron chi connectivity index (χ2n) is 9.00. The highest BCUT2D eigenvalue weighted by molar-refractivity contribution is 6.02. The topological polar surface area (TPSA) is 59.9 Å². The Hall–Kier alpha value is -4.97.